The average molecular weight is 473 g/mol. The molecule has 1 aliphatic carbocycles. The van der Waals surface area contributed by atoms with Gasteiger partial charge in [-0.15, -0.1) is 23.1 Å². The zero-order chi connectivity index (χ0) is 21.7. The van der Waals surface area contributed by atoms with Gasteiger partial charge in [0, 0.05) is 15.3 Å². The van der Waals surface area contributed by atoms with Gasteiger partial charge in [-0.3, -0.25) is 9.36 Å². The molecule has 2 aromatic heterocycles. The highest BCUT2D eigenvalue weighted by Gasteiger charge is 2.32. The largest absolute Gasteiger partial charge is 0.271 e. The summed E-state index contributed by atoms with van der Waals surface area (Å²) in [6.07, 6.45) is 5.98. The van der Waals surface area contributed by atoms with Crippen LogP contribution in [0.2, 0.25) is 0 Å². The molecule has 3 nitrogen and oxygen atoms in total. The van der Waals surface area contributed by atoms with Gasteiger partial charge in [-0.05, 0) is 65.5 Å². The van der Waals surface area contributed by atoms with Gasteiger partial charge in [-0.25, -0.2) is 4.99 Å². The Morgan fingerprint density at radius 3 is 2.69 bits per heavy atom. The molecule has 32 heavy (non-hydrogen) atoms. The number of hydrogen-bond acceptors (Lipinski definition) is 5. The summed E-state index contributed by atoms with van der Waals surface area (Å²) in [5, 5.41) is 2.09. The fourth-order valence-electron chi connectivity index (χ4n) is 4.57. The molecule has 0 spiro atoms. The lowest BCUT2D eigenvalue weighted by Gasteiger charge is -2.30. The van der Waals surface area contributed by atoms with E-state index >= 15 is 0 Å². The van der Waals surface area contributed by atoms with Gasteiger partial charge in [0.05, 0.1) is 16.3 Å². The molecular weight excluding hydrogens is 453 g/mol. The molecule has 6 heteroatoms. The number of rotatable bonds is 3. The first-order chi connectivity index (χ1) is 15.7. The maximum Gasteiger partial charge on any atom is 0.271 e. The van der Waals surface area contributed by atoms with E-state index in [1.807, 2.05) is 10.6 Å². The van der Waals surface area contributed by atoms with Crippen LogP contribution in [0.25, 0.3) is 11.8 Å². The van der Waals surface area contributed by atoms with E-state index in [1.165, 1.54) is 37.8 Å². The minimum atomic E-state index is -0.0735. The van der Waals surface area contributed by atoms with Crippen molar-refractivity contribution in [2.75, 3.05) is 6.26 Å². The standard InChI is InChI=1S/C26H20N2OS3/c1-30-18-11-8-16(9-12-18)15-22-25(29)28-24(21-7-4-14-31-21)20-13-10-17-5-2-3-6-19(17)23(20)27-26(28)32-22/h2-9,11-12,14-15,24H,10,13H2,1H3/b22-15+/t24-/m1/s1. The molecule has 2 aromatic carbocycles. The second kappa shape index (κ2) is 8.03. The van der Waals surface area contributed by atoms with Crippen molar-refractivity contribution in [3.05, 3.63) is 113 Å². The summed E-state index contributed by atoms with van der Waals surface area (Å²) in [5.41, 5.74) is 5.95. The van der Waals surface area contributed by atoms with Gasteiger partial charge in [0.2, 0.25) is 0 Å². The Labute approximate surface area is 198 Å². The van der Waals surface area contributed by atoms with Gasteiger partial charge in [-0.2, -0.15) is 0 Å². The topological polar surface area (TPSA) is 34.4 Å². The lowest BCUT2D eigenvalue weighted by Crippen LogP contribution is -2.38. The normalized spacial score (nSPS) is 17.5. The van der Waals surface area contributed by atoms with Crippen molar-refractivity contribution >= 4 is 46.2 Å². The zero-order valence-electron chi connectivity index (χ0n) is 17.4. The Bertz CT molecular complexity index is 1520. The highest BCUT2D eigenvalue weighted by molar-refractivity contribution is 7.98. The Hall–Kier alpha value is -2.67. The third kappa shape index (κ3) is 3.25. The van der Waals surface area contributed by atoms with Crippen LogP contribution in [0.4, 0.5) is 0 Å². The highest BCUT2D eigenvalue weighted by Crippen LogP contribution is 2.42. The predicted molar refractivity (Wildman–Crippen MR) is 135 cm³/mol. The lowest BCUT2D eigenvalue weighted by atomic mass is 9.85. The van der Waals surface area contributed by atoms with Crippen molar-refractivity contribution in [2.24, 2.45) is 4.99 Å². The predicted octanol–water partition coefficient (Wildman–Crippen LogP) is 5.10. The van der Waals surface area contributed by atoms with Crippen LogP contribution in [-0.2, 0) is 6.42 Å². The Balaban J connectivity index is 1.58. The number of benzene rings is 2. The molecule has 0 fully saturated rings. The van der Waals surface area contributed by atoms with Crippen LogP contribution >= 0.6 is 34.4 Å². The number of fused-ring (bicyclic) bond motifs is 3. The fourth-order valence-corrected chi connectivity index (χ4v) is 6.83. The summed E-state index contributed by atoms with van der Waals surface area (Å²) in [5.74, 6) is 0. The second-order valence-electron chi connectivity index (χ2n) is 7.90. The number of thiophene rings is 1. The molecular formula is C26H20N2OS3. The number of aryl methyl sites for hydroxylation is 1. The molecule has 2 aliphatic rings. The molecule has 0 N–H and O–H groups in total. The quantitative estimate of drug-likeness (QED) is 0.389. The molecule has 0 amide bonds. The van der Waals surface area contributed by atoms with Crippen molar-refractivity contribution in [3.8, 4) is 0 Å². The first kappa shape index (κ1) is 20.0. The minimum Gasteiger partial charge on any atom is -0.271 e. The summed E-state index contributed by atoms with van der Waals surface area (Å²) < 4.78 is 2.65. The number of aromatic nitrogens is 1. The van der Waals surface area contributed by atoms with E-state index < -0.39 is 0 Å². The molecule has 0 bridgehead atoms. The molecule has 0 saturated heterocycles. The number of hydrogen-bond donors (Lipinski definition) is 0. The third-order valence-electron chi connectivity index (χ3n) is 6.10. The first-order valence-corrected chi connectivity index (χ1v) is 13.5. The molecule has 6 rings (SSSR count). The van der Waals surface area contributed by atoms with Gasteiger partial charge in [0.15, 0.2) is 4.80 Å². The van der Waals surface area contributed by atoms with Crippen LogP contribution in [0.3, 0.4) is 0 Å². The number of allylic oxidation sites excluding steroid dienone is 1. The Kier molecular flexibility index (Phi) is 5.01. The van der Waals surface area contributed by atoms with Crippen LogP contribution in [-0.4, -0.2) is 10.8 Å². The van der Waals surface area contributed by atoms with Crippen LogP contribution in [0.1, 0.15) is 34.0 Å². The van der Waals surface area contributed by atoms with E-state index in [4.69, 9.17) is 4.99 Å². The smallest absolute Gasteiger partial charge is 0.271 e. The van der Waals surface area contributed by atoms with Gasteiger partial charge in [0.25, 0.3) is 5.56 Å². The lowest BCUT2D eigenvalue weighted by molar-refractivity contribution is 0.593. The number of nitrogens with zero attached hydrogens (tertiary/aromatic N) is 2. The average Bonchev–Trinajstić information content (AvgIpc) is 3.47. The van der Waals surface area contributed by atoms with Crippen LogP contribution in [0.5, 0.6) is 0 Å². The van der Waals surface area contributed by atoms with Crippen LogP contribution < -0.4 is 14.9 Å². The van der Waals surface area contributed by atoms with Gasteiger partial charge < -0.3 is 0 Å². The fraction of sp³-hybridized carbons (Fsp3) is 0.154. The molecule has 0 unspecified atom stereocenters. The van der Waals surface area contributed by atoms with Crippen molar-refractivity contribution in [3.63, 3.8) is 0 Å². The van der Waals surface area contributed by atoms with Gasteiger partial charge in [-0.1, -0.05) is 53.8 Å². The van der Waals surface area contributed by atoms with E-state index in [0.29, 0.717) is 0 Å². The monoisotopic (exact) mass is 472 g/mol. The van der Waals surface area contributed by atoms with E-state index in [9.17, 15) is 4.79 Å². The van der Waals surface area contributed by atoms with Crippen molar-refractivity contribution in [1.82, 2.24) is 4.57 Å². The Morgan fingerprint density at radius 2 is 1.91 bits per heavy atom. The van der Waals surface area contributed by atoms with E-state index in [-0.39, 0.29) is 11.6 Å². The van der Waals surface area contributed by atoms with Crippen LogP contribution in [0.15, 0.2) is 86.3 Å². The van der Waals surface area contributed by atoms with Gasteiger partial charge >= 0.3 is 0 Å². The second-order valence-corrected chi connectivity index (χ2v) is 10.8. The van der Waals surface area contributed by atoms with Crippen LogP contribution in [0, 0.1) is 0 Å². The van der Waals surface area contributed by atoms with Crippen molar-refractivity contribution in [1.29, 1.82) is 0 Å². The summed E-state index contributed by atoms with van der Waals surface area (Å²) in [7, 11) is 0. The molecule has 3 heterocycles. The van der Waals surface area contributed by atoms with E-state index in [0.717, 1.165) is 33.4 Å². The van der Waals surface area contributed by atoms with E-state index in [2.05, 4.69) is 72.3 Å². The summed E-state index contributed by atoms with van der Waals surface area (Å²) >= 11 is 4.92. The molecule has 0 saturated carbocycles. The summed E-state index contributed by atoms with van der Waals surface area (Å²) in [4.78, 5) is 21.9. The summed E-state index contributed by atoms with van der Waals surface area (Å²) in [6.45, 7) is 0. The maximum absolute atomic E-state index is 13.6. The maximum atomic E-state index is 13.6. The Morgan fingerprint density at radius 1 is 1.06 bits per heavy atom. The SMILES string of the molecule is CSc1ccc(/C=c2/sc3n(c2=O)[C@@H](c2cccs2)C2=C(N=3)c3ccccc3CC2)cc1. The van der Waals surface area contributed by atoms with Gasteiger partial charge in [0.1, 0.15) is 0 Å². The highest BCUT2D eigenvalue weighted by atomic mass is 32.2. The van der Waals surface area contributed by atoms with Crippen molar-refractivity contribution in [2.45, 2.75) is 23.8 Å². The molecule has 158 valence electrons. The minimum absolute atomic E-state index is 0.0477. The number of thioether (sulfide) groups is 1. The molecule has 1 atom stereocenters. The number of thiazole rings is 1. The van der Waals surface area contributed by atoms with E-state index in [1.54, 1.807) is 23.1 Å². The van der Waals surface area contributed by atoms with Crippen molar-refractivity contribution < 1.29 is 0 Å². The summed E-state index contributed by atoms with van der Waals surface area (Å²) in [6, 6.07) is 21.0. The molecule has 0 radical (unpaired) electrons. The first-order valence-electron chi connectivity index (χ1n) is 10.5. The molecule has 1 aliphatic heterocycles. The molecule has 4 aromatic rings. The zero-order valence-corrected chi connectivity index (χ0v) is 19.9. The third-order valence-corrected chi connectivity index (χ3v) is 8.75.